The summed E-state index contributed by atoms with van der Waals surface area (Å²) in [4.78, 5) is 19.1. The Kier molecular flexibility index (Phi) is 4.81. The maximum absolute atomic E-state index is 9.13. The van der Waals surface area contributed by atoms with E-state index in [0.717, 1.165) is 22.7 Å². The molecule has 1 aromatic rings. The summed E-state index contributed by atoms with van der Waals surface area (Å²) in [6.07, 6.45) is 1.04. The fourth-order valence-electron chi connectivity index (χ4n) is 1.30. The molecule has 0 aliphatic rings. The second-order valence-corrected chi connectivity index (χ2v) is 9.76. The first-order valence-corrected chi connectivity index (χ1v) is 8.84. The minimum atomic E-state index is -3.18. The summed E-state index contributed by atoms with van der Waals surface area (Å²) >= 11 is 5.52. The summed E-state index contributed by atoms with van der Waals surface area (Å²) in [5.74, 6) is 0.629. The highest BCUT2D eigenvalue weighted by atomic mass is 32.9. The lowest BCUT2D eigenvalue weighted by Crippen LogP contribution is -1.93. The summed E-state index contributed by atoms with van der Waals surface area (Å²) in [5.41, 5.74) is -1.92. The van der Waals surface area contributed by atoms with E-state index in [2.05, 4.69) is 25.7 Å². The van der Waals surface area contributed by atoms with E-state index in [-0.39, 0.29) is 0 Å². The van der Waals surface area contributed by atoms with Crippen LogP contribution in [-0.2, 0) is 18.2 Å². The predicted molar refractivity (Wildman–Crippen MR) is 69.6 cm³/mol. The van der Waals surface area contributed by atoms with Gasteiger partial charge in [0.2, 0.25) is 5.69 Å². The number of hydrogen-bond acceptors (Lipinski definition) is 2. The summed E-state index contributed by atoms with van der Waals surface area (Å²) < 4.78 is 0. The fraction of sp³-hybridized carbons (Fsp3) is 0.400. The first-order chi connectivity index (χ1) is 6.87. The highest BCUT2D eigenvalue weighted by molar-refractivity contribution is 8.67. The van der Waals surface area contributed by atoms with Crippen molar-refractivity contribution in [2.75, 3.05) is 0 Å². The molecule has 0 spiro atoms. The lowest BCUT2D eigenvalue weighted by molar-refractivity contribution is 0.502. The molecule has 2 N–H and O–H groups in total. The second-order valence-electron chi connectivity index (χ2n) is 3.82. The van der Waals surface area contributed by atoms with Crippen molar-refractivity contribution >= 4 is 28.9 Å². The van der Waals surface area contributed by atoms with E-state index >= 15 is 0 Å². The zero-order valence-electron chi connectivity index (χ0n) is 8.75. The Bertz CT molecular complexity index is 356. The largest absolute Gasteiger partial charge is 0.337 e. The average molecular weight is 262 g/mol. The van der Waals surface area contributed by atoms with Crippen LogP contribution in [0.5, 0.6) is 0 Å². The van der Waals surface area contributed by atoms with Gasteiger partial charge in [-0.3, -0.25) is 0 Å². The van der Waals surface area contributed by atoms with E-state index in [1.54, 1.807) is 0 Å². The molecule has 5 heteroatoms. The summed E-state index contributed by atoms with van der Waals surface area (Å²) in [6.45, 7) is 4.34. The molecular weight excluding hydrogens is 247 g/mol. The van der Waals surface area contributed by atoms with E-state index in [9.17, 15) is 0 Å². The Morgan fingerprint density at radius 3 is 2.20 bits per heavy atom. The van der Waals surface area contributed by atoms with Gasteiger partial charge in [0.15, 0.2) is 0 Å². The zero-order valence-corrected chi connectivity index (χ0v) is 11.3. The molecule has 0 saturated carbocycles. The van der Waals surface area contributed by atoms with Gasteiger partial charge in [0.05, 0.1) is 0 Å². The quantitative estimate of drug-likeness (QED) is 0.818. The van der Waals surface area contributed by atoms with E-state index < -0.39 is 5.69 Å². The summed E-state index contributed by atoms with van der Waals surface area (Å²) in [5, 5.41) is 0. The maximum Gasteiger partial charge on any atom is 0.246 e. The van der Waals surface area contributed by atoms with E-state index in [0.29, 0.717) is 5.92 Å². The van der Waals surface area contributed by atoms with Crippen molar-refractivity contribution in [2.24, 2.45) is 5.92 Å². The Morgan fingerprint density at radius 2 is 1.80 bits per heavy atom. The average Bonchev–Trinajstić information content (AvgIpc) is 2.05. The topological polar surface area (TPSA) is 40.5 Å². The van der Waals surface area contributed by atoms with Gasteiger partial charge >= 0.3 is 0 Å². The van der Waals surface area contributed by atoms with Crippen molar-refractivity contribution in [3.8, 4) is 0 Å². The second kappa shape index (κ2) is 5.46. The summed E-state index contributed by atoms with van der Waals surface area (Å²) in [7, 11) is 0. The number of rotatable bonds is 4. The lowest BCUT2D eigenvalue weighted by atomic mass is 10.0. The molecule has 0 amide bonds. The summed E-state index contributed by atoms with van der Waals surface area (Å²) in [6, 6.07) is 7.78. The third-order valence-corrected chi connectivity index (χ3v) is 4.53. The van der Waals surface area contributed by atoms with E-state index in [1.165, 1.54) is 5.56 Å². The van der Waals surface area contributed by atoms with Crippen LogP contribution in [0.1, 0.15) is 19.4 Å². The van der Waals surface area contributed by atoms with Crippen molar-refractivity contribution in [3.05, 3.63) is 29.8 Å². The lowest BCUT2D eigenvalue weighted by Gasteiger charge is -2.08. The molecule has 0 bridgehead atoms. The molecule has 0 aliphatic heterocycles. The molecule has 2 nitrogen and oxygen atoms in total. The molecule has 0 saturated heterocycles. The molecule has 0 fully saturated rings. The Labute approximate surface area is 99.6 Å². The van der Waals surface area contributed by atoms with Gasteiger partial charge in [-0.1, -0.05) is 26.0 Å². The highest BCUT2D eigenvalue weighted by Crippen LogP contribution is 2.54. The van der Waals surface area contributed by atoms with Gasteiger partial charge in [0.1, 0.15) is 0 Å². The molecule has 0 unspecified atom stereocenters. The minimum Gasteiger partial charge on any atom is -0.337 e. The molecule has 0 aromatic heterocycles. The van der Waals surface area contributed by atoms with Crippen molar-refractivity contribution in [1.82, 2.24) is 0 Å². The van der Waals surface area contributed by atoms with Crippen LogP contribution in [0.2, 0.25) is 0 Å². The molecule has 0 radical (unpaired) electrons. The zero-order chi connectivity index (χ0) is 11.5. The van der Waals surface area contributed by atoms with Crippen molar-refractivity contribution in [1.29, 1.82) is 0 Å². The molecule has 0 heterocycles. The van der Waals surface area contributed by atoms with Crippen LogP contribution in [0, 0.1) is 5.92 Å². The first kappa shape index (κ1) is 13.2. The van der Waals surface area contributed by atoms with Crippen LogP contribution in [0.15, 0.2) is 29.2 Å². The number of benzene rings is 1. The van der Waals surface area contributed by atoms with Crippen molar-refractivity contribution < 1.29 is 9.79 Å². The fourth-order valence-corrected chi connectivity index (χ4v) is 3.79. The normalized spacial score (nSPS) is 12.1. The van der Waals surface area contributed by atoms with E-state index in [1.807, 2.05) is 24.3 Å². The molecule has 84 valence electrons. The minimum absolute atomic E-state index is 0.629. The monoisotopic (exact) mass is 262 g/mol. The van der Waals surface area contributed by atoms with Gasteiger partial charge in [0, 0.05) is 4.90 Å². The molecule has 1 rings (SSSR count). The van der Waals surface area contributed by atoms with Gasteiger partial charge in [0.25, 0.3) is 0 Å². The predicted octanol–water partition coefficient (Wildman–Crippen LogP) is 3.19. The SMILES string of the molecule is CC(C)Cc1ccc(SP(O)(O)=S)cc1. The smallest absolute Gasteiger partial charge is 0.246 e. The van der Waals surface area contributed by atoms with Gasteiger partial charge in [-0.05, 0) is 53.2 Å². The van der Waals surface area contributed by atoms with Gasteiger partial charge in [-0.15, -0.1) is 0 Å². The van der Waals surface area contributed by atoms with Gasteiger partial charge in [-0.2, -0.15) is 0 Å². The van der Waals surface area contributed by atoms with Crippen LogP contribution in [0.3, 0.4) is 0 Å². The van der Waals surface area contributed by atoms with Crippen LogP contribution in [-0.4, -0.2) is 9.79 Å². The molecular formula is C10H15O2PS2. The maximum atomic E-state index is 9.13. The number of hydrogen-bond donors (Lipinski definition) is 2. The molecule has 0 atom stereocenters. The first-order valence-electron chi connectivity index (χ1n) is 4.71. The van der Waals surface area contributed by atoms with E-state index in [4.69, 9.17) is 9.79 Å². The highest BCUT2D eigenvalue weighted by Gasteiger charge is 2.09. The Balaban J connectivity index is 2.68. The molecule has 15 heavy (non-hydrogen) atoms. The van der Waals surface area contributed by atoms with Crippen LogP contribution < -0.4 is 0 Å². The van der Waals surface area contributed by atoms with Gasteiger partial charge < -0.3 is 9.79 Å². The van der Waals surface area contributed by atoms with Crippen molar-refractivity contribution in [3.63, 3.8) is 0 Å². The van der Waals surface area contributed by atoms with Crippen LogP contribution in [0.4, 0.5) is 0 Å². The van der Waals surface area contributed by atoms with Crippen LogP contribution in [0.25, 0.3) is 0 Å². The van der Waals surface area contributed by atoms with Gasteiger partial charge in [-0.25, -0.2) is 0 Å². The molecule has 0 aliphatic carbocycles. The Hall–Kier alpha value is 0.140. The van der Waals surface area contributed by atoms with Crippen LogP contribution >= 0.6 is 17.1 Å². The third-order valence-electron chi connectivity index (χ3n) is 1.79. The molecule has 1 aromatic carbocycles. The standard InChI is InChI=1S/C10H15O2PS2/c1-8(2)7-9-3-5-10(6-4-9)15-13(11,12)14/h3-6,8H,7H2,1-2H3,(H2,11,12,14). The van der Waals surface area contributed by atoms with Crippen molar-refractivity contribution in [2.45, 2.75) is 25.2 Å². The Morgan fingerprint density at radius 1 is 1.27 bits per heavy atom. The third kappa shape index (κ3) is 5.69.